The molecule has 0 amide bonds. The van der Waals surface area contributed by atoms with Crippen molar-refractivity contribution in [3.8, 4) is 0 Å². The molecule has 0 radical (unpaired) electrons. The van der Waals surface area contributed by atoms with E-state index >= 15 is 0 Å². The second-order valence-electron chi connectivity index (χ2n) is 5.51. The zero-order chi connectivity index (χ0) is 12.2. The third-order valence-electron chi connectivity index (χ3n) is 4.09. The highest BCUT2D eigenvalue weighted by molar-refractivity contribution is 5.30. The lowest BCUT2D eigenvalue weighted by atomic mass is 9.49. The van der Waals surface area contributed by atoms with E-state index < -0.39 is 17.5 Å². The molecule has 0 unspecified atom stereocenters. The summed E-state index contributed by atoms with van der Waals surface area (Å²) in [5.41, 5.74) is 2.19. The maximum absolute atomic E-state index is 13.1. The van der Waals surface area contributed by atoms with Gasteiger partial charge in [0.1, 0.15) is 0 Å². The Morgan fingerprint density at radius 1 is 1.06 bits per heavy atom. The Balaban J connectivity index is 1.77. The Morgan fingerprint density at radius 2 is 1.59 bits per heavy atom. The van der Waals surface area contributed by atoms with Gasteiger partial charge in [-0.25, -0.2) is 13.2 Å². The van der Waals surface area contributed by atoms with Gasteiger partial charge in [-0.05, 0) is 54.7 Å². The molecule has 90 valence electrons. The van der Waals surface area contributed by atoms with E-state index in [1.54, 1.807) is 0 Å². The summed E-state index contributed by atoms with van der Waals surface area (Å²) in [6, 6.07) is 2.26. The third kappa shape index (κ3) is 1.60. The van der Waals surface area contributed by atoms with Crippen molar-refractivity contribution in [2.24, 2.45) is 5.41 Å². The molecule has 2 fully saturated rings. The fourth-order valence-electron chi connectivity index (χ4n) is 3.33. The number of benzene rings is 1. The summed E-state index contributed by atoms with van der Waals surface area (Å²) in [6.07, 6.45) is 3.96. The van der Waals surface area contributed by atoms with Crippen molar-refractivity contribution in [3.05, 3.63) is 47.3 Å². The topological polar surface area (TPSA) is 0 Å². The molecule has 0 aromatic heterocycles. The first kappa shape index (κ1) is 10.9. The molecule has 2 saturated carbocycles. The van der Waals surface area contributed by atoms with Crippen LogP contribution in [0.5, 0.6) is 0 Å². The van der Waals surface area contributed by atoms with Crippen LogP contribution in [0.3, 0.4) is 0 Å². The largest absolute Gasteiger partial charge is 0.204 e. The number of hydrogen-bond donors (Lipinski definition) is 0. The normalized spacial score (nSPS) is 22.4. The van der Waals surface area contributed by atoms with Crippen LogP contribution in [0.4, 0.5) is 13.2 Å². The van der Waals surface area contributed by atoms with Gasteiger partial charge in [-0.3, -0.25) is 0 Å². The van der Waals surface area contributed by atoms with Crippen molar-refractivity contribution < 1.29 is 13.2 Å². The zero-order valence-electron chi connectivity index (χ0n) is 9.40. The molecule has 1 aromatic rings. The Kier molecular flexibility index (Phi) is 2.16. The smallest absolute Gasteiger partial charge is 0.194 e. The van der Waals surface area contributed by atoms with Crippen LogP contribution in [-0.2, 0) is 0 Å². The first-order valence-corrected chi connectivity index (χ1v) is 5.80. The minimum atomic E-state index is -1.38. The molecular weight excluding hydrogens is 225 g/mol. The van der Waals surface area contributed by atoms with Gasteiger partial charge in [0.05, 0.1) is 0 Å². The predicted molar refractivity (Wildman–Crippen MR) is 59.1 cm³/mol. The summed E-state index contributed by atoms with van der Waals surface area (Å²) in [7, 11) is 0. The van der Waals surface area contributed by atoms with E-state index in [2.05, 4.69) is 6.58 Å². The molecule has 0 saturated heterocycles. The van der Waals surface area contributed by atoms with Crippen LogP contribution in [0.15, 0.2) is 24.3 Å². The van der Waals surface area contributed by atoms with Crippen LogP contribution in [0.25, 0.3) is 0 Å². The van der Waals surface area contributed by atoms with E-state index in [0.717, 1.165) is 37.8 Å². The Bertz CT molecular complexity index is 465. The van der Waals surface area contributed by atoms with Gasteiger partial charge < -0.3 is 0 Å². The van der Waals surface area contributed by atoms with Crippen molar-refractivity contribution in [3.63, 3.8) is 0 Å². The fraction of sp³-hybridized carbons (Fsp3) is 0.429. The molecule has 0 atom stereocenters. The van der Waals surface area contributed by atoms with Crippen LogP contribution in [-0.4, -0.2) is 0 Å². The van der Waals surface area contributed by atoms with Crippen LogP contribution in [0.2, 0.25) is 0 Å². The van der Waals surface area contributed by atoms with Gasteiger partial charge >= 0.3 is 0 Å². The summed E-state index contributed by atoms with van der Waals surface area (Å²) in [4.78, 5) is 0. The molecule has 0 bridgehead atoms. The Morgan fingerprint density at radius 3 is 2.06 bits per heavy atom. The number of hydrogen-bond acceptors (Lipinski definition) is 0. The summed E-state index contributed by atoms with van der Waals surface area (Å²) in [5.74, 6) is -3.37. The second kappa shape index (κ2) is 3.37. The number of halogens is 3. The molecule has 2 aliphatic rings. The van der Waals surface area contributed by atoms with Crippen LogP contribution >= 0.6 is 0 Å². The van der Waals surface area contributed by atoms with Crippen molar-refractivity contribution in [1.29, 1.82) is 0 Å². The molecule has 0 heterocycles. The lowest BCUT2D eigenvalue weighted by Gasteiger charge is -2.55. The Labute approximate surface area is 98.1 Å². The van der Waals surface area contributed by atoms with E-state index in [4.69, 9.17) is 0 Å². The van der Waals surface area contributed by atoms with Gasteiger partial charge in [0.15, 0.2) is 17.5 Å². The van der Waals surface area contributed by atoms with Gasteiger partial charge in [0.25, 0.3) is 0 Å². The molecular formula is C14H13F3. The number of rotatable bonds is 1. The highest BCUT2D eigenvalue weighted by Gasteiger charge is 2.50. The van der Waals surface area contributed by atoms with E-state index in [0.29, 0.717) is 11.0 Å². The lowest BCUT2D eigenvalue weighted by Crippen LogP contribution is -2.42. The average molecular weight is 238 g/mol. The molecule has 3 heteroatoms. The van der Waals surface area contributed by atoms with E-state index in [1.165, 1.54) is 5.57 Å². The molecule has 0 N–H and O–H groups in total. The standard InChI is InChI=1S/C14H13F3/c1-8-4-14(5-8)6-10(7-14)9-2-11(15)13(17)12(16)3-9/h2-3,10H,1,4-7H2. The van der Waals surface area contributed by atoms with Crippen LogP contribution in [0, 0.1) is 22.9 Å². The van der Waals surface area contributed by atoms with E-state index in [9.17, 15) is 13.2 Å². The quantitative estimate of drug-likeness (QED) is 0.505. The maximum atomic E-state index is 13.1. The fourth-order valence-corrected chi connectivity index (χ4v) is 3.33. The van der Waals surface area contributed by atoms with Crippen LogP contribution in [0.1, 0.15) is 37.2 Å². The van der Waals surface area contributed by atoms with Crippen molar-refractivity contribution >= 4 is 0 Å². The molecule has 2 aliphatic carbocycles. The summed E-state index contributed by atoms with van der Waals surface area (Å²) >= 11 is 0. The molecule has 0 nitrogen and oxygen atoms in total. The lowest BCUT2D eigenvalue weighted by molar-refractivity contribution is 0.0537. The van der Waals surface area contributed by atoms with Gasteiger partial charge in [0.2, 0.25) is 0 Å². The Hall–Kier alpha value is -1.25. The second-order valence-corrected chi connectivity index (χ2v) is 5.51. The average Bonchev–Trinajstić information content (AvgIpc) is 2.17. The zero-order valence-corrected chi connectivity index (χ0v) is 9.40. The summed E-state index contributed by atoms with van der Waals surface area (Å²) in [5, 5.41) is 0. The van der Waals surface area contributed by atoms with Gasteiger partial charge in [-0.2, -0.15) is 0 Å². The third-order valence-corrected chi connectivity index (χ3v) is 4.09. The van der Waals surface area contributed by atoms with Crippen molar-refractivity contribution in [2.45, 2.75) is 31.6 Å². The minimum Gasteiger partial charge on any atom is -0.204 e. The minimum absolute atomic E-state index is 0.174. The predicted octanol–water partition coefficient (Wildman–Crippen LogP) is 4.32. The molecule has 0 aliphatic heterocycles. The SMILES string of the molecule is C=C1CC2(C1)CC(c1cc(F)c(F)c(F)c1)C2. The van der Waals surface area contributed by atoms with Gasteiger partial charge in [-0.15, -0.1) is 0 Å². The van der Waals surface area contributed by atoms with Gasteiger partial charge in [-0.1, -0.05) is 12.2 Å². The molecule has 17 heavy (non-hydrogen) atoms. The first-order valence-electron chi connectivity index (χ1n) is 5.80. The molecule has 1 aromatic carbocycles. The highest BCUT2D eigenvalue weighted by Crippen LogP contribution is 2.63. The molecule has 1 spiro atoms. The van der Waals surface area contributed by atoms with Crippen molar-refractivity contribution in [1.82, 2.24) is 0 Å². The molecule has 3 rings (SSSR count). The van der Waals surface area contributed by atoms with E-state index in [-0.39, 0.29) is 5.92 Å². The summed E-state index contributed by atoms with van der Waals surface area (Å²) in [6.45, 7) is 3.91. The van der Waals surface area contributed by atoms with Crippen molar-refractivity contribution in [2.75, 3.05) is 0 Å². The van der Waals surface area contributed by atoms with Gasteiger partial charge in [0, 0.05) is 0 Å². The van der Waals surface area contributed by atoms with E-state index in [1.807, 2.05) is 0 Å². The maximum Gasteiger partial charge on any atom is 0.194 e. The monoisotopic (exact) mass is 238 g/mol. The first-order chi connectivity index (χ1) is 7.99. The number of allylic oxidation sites excluding steroid dienone is 1. The highest BCUT2D eigenvalue weighted by atomic mass is 19.2. The van der Waals surface area contributed by atoms with Crippen LogP contribution < -0.4 is 0 Å². The summed E-state index contributed by atoms with van der Waals surface area (Å²) < 4.78 is 39.0.